The summed E-state index contributed by atoms with van der Waals surface area (Å²) in [6, 6.07) is 0. The summed E-state index contributed by atoms with van der Waals surface area (Å²) in [7, 11) is 0. The summed E-state index contributed by atoms with van der Waals surface area (Å²) < 4.78 is 32.1. The second-order valence-electron chi connectivity index (χ2n) is 0.605. The molecule has 36 valence electrons. The first-order chi connectivity index (χ1) is 2.64. The summed E-state index contributed by atoms with van der Waals surface area (Å²) in [5, 5.41) is -1.74. The molecule has 0 atom stereocenters. The molecule has 0 aromatic rings. The molecule has 6 heavy (non-hydrogen) atoms. The highest BCUT2D eigenvalue weighted by Crippen LogP contribution is 1.95. The van der Waals surface area contributed by atoms with Crippen molar-refractivity contribution in [3.63, 3.8) is 0 Å². The number of hydrogen-bond acceptors (Lipinski definition) is 1. The van der Waals surface area contributed by atoms with Crippen molar-refractivity contribution in [3.05, 3.63) is 0 Å². The molecule has 0 aliphatic rings. The lowest BCUT2D eigenvalue weighted by Gasteiger charge is -1.81. The molecule has 0 saturated heterocycles. The Morgan fingerprint density at radius 3 is 1.67 bits per heavy atom. The minimum atomic E-state index is -3.08. The zero-order valence-corrected chi connectivity index (χ0v) is 3.44. The highest BCUT2D eigenvalue weighted by Gasteiger charge is 2.06. The standard InChI is InChI=1S/C2HF3S/c3-1(4)2(5)6/h1H. The van der Waals surface area contributed by atoms with Crippen LogP contribution in [0.1, 0.15) is 0 Å². The first-order valence-corrected chi connectivity index (χ1v) is 1.53. The van der Waals surface area contributed by atoms with E-state index in [0.29, 0.717) is 0 Å². The topological polar surface area (TPSA) is 0 Å². The normalized spacial score (nSPS) is 9.33. The quantitative estimate of drug-likeness (QED) is 0.368. The lowest BCUT2D eigenvalue weighted by atomic mass is 10.8. The van der Waals surface area contributed by atoms with Crippen molar-refractivity contribution in [3.8, 4) is 0 Å². The minimum absolute atomic E-state index is 1.74. The fourth-order valence-corrected chi connectivity index (χ4v) is 0. The van der Waals surface area contributed by atoms with Gasteiger partial charge in [-0.25, -0.2) is 8.78 Å². The van der Waals surface area contributed by atoms with Crippen LogP contribution in [0.25, 0.3) is 0 Å². The van der Waals surface area contributed by atoms with E-state index in [1.165, 1.54) is 0 Å². The van der Waals surface area contributed by atoms with Crippen molar-refractivity contribution in [1.82, 2.24) is 0 Å². The molecule has 0 rings (SSSR count). The van der Waals surface area contributed by atoms with Crippen molar-refractivity contribution < 1.29 is 13.2 Å². The van der Waals surface area contributed by atoms with E-state index in [0.717, 1.165) is 0 Å². The van der Waals surface area contributed by atoms with E-state index in [1.807, 2.05) is 0 Å². The predicted molar refractivity (Wildman–Crippen MR) is 19.7 cm³/mol. The molecule has 0 amide bonds. The van der Waals surface area contributed by atoms with E-state index >= 15 is 0 Å². The Morgan fingerprint density at radius 2 is 1.67 bits per heavy atom. The van der Waals surface area contributed by atoms with Gasteiger partial charge in [0.05, 0.1) is 0 Å². The van der Waals surface area contributed by atoms with Crippen molar-refractivity contribution in [1.29, 1.82) is 0 Å². The van der Waals surface area contributed by atoms with Gasteiger partial charge in [-0.05, 0) is 12.2 Å². The molecular formula is C2HF3S. The van der Waals surface area contributed by atoms with Crippen LogP contribution in [0.5, 0.6) is 0 Å². The Morgan fingerprint density at radius 1 is 1.50 bits per heavy atom. The van der Waals surface area contributed by atoms with Gasteiger partial charge in [0.2, 0.25) is 5.12 Å². The Kier molecular flexibility index (Phi) is 2.08. The van der Waals surface area contributed by atoms with E-state index in [4.69, 9.17) is 0 Å². The summed E-state index contributed by atoms with van der Waals surface area (Å²) in [5.74, 6) is 0. The van der Waals surface area contributed by atoms with Gasteiger partial charge in [-0.1, -0.05) is 0 Å². The van der Waals surface area contributed by atoms with Crippen molar-refractivity contribution in [2.45, 2.75) is 6.43 Å². The van der Waals surface area contributed by atoms with Crippen LogP contribution >= 0.6 is 12.2 Å². The van der Waals surface area contributed by atoms with Gasteiger partial charge < -0.3 is 0 Å². The Bertz CT molecular complexity index is 59.8. The molecule has 0 saturated carbocycles. The largest absolute Gasteiger partial charge is 0.299 e. The maximum absolute atomic E-state index is 10.8. The van der Waals surface area contributed by atoms with Crippen LogP contribution in [0.15, 0.2) is 0 Å². The molecule has 0 radical (unpaired) electrons. The molecule has 0 N–H and O–H groups in total. The smallest absolute Gasteiger partial charge is 0.201 e. The molecule has 0 aromatic heterocycles. The number of alkyl halides is 2. The summed E-state index contributed by atoms with van der Waals surface area (Å²) in [6.07, 6.45) is -3.08. The van der Waals surface area contributed by atoms with Crippen LogP contribution in [0.4, 0.5) is 13.2 Å². The van der Waals surface area contributed by atoms with Crippen LogP contribution in [-0.2, 0) is 0 Å². The monoisotopic (exact) mass is 114 g/mol. The molecule has 0 unspecified atom stereocenters. The van der Waals surface area contributed by atoms with Gasteiger partial charge in [0.15, 0.2) is 0 Å². The SMILES string of the molecule is FC(=S)C(F)F. The van der Waals surface area contributed by atoms with E-state index in [1.54, 1.807) is 0 Å². The number of thiocarbonyl (C=S) groups is 1. The van der Waals surface area contributed by atoms with Crippen LogP contribution in [0, 0.1) is 0 Å². The van der Waals surface area contributed by atoms with E-state index in [2.05, 4.69) is 12.2 Å². The predicted octanol–water partition coefficient (Wildman–Crippen LogP) is 1.55. The van der Waals surface area contributed by atoms with Gasteiger partial charge in [0.1, 0.15) is 0 Å². The fourth-order valence-electron chi connectivity index (χ4n) is 0. The maximum Gasteiger partial charge on any atom is 0.299 e. The summed E-state index contributed by atoms with van der Waals surface area (Å²) in [6.45, 7) is 0. The molecule has 0 spiro atoms. The van der Waals surface area contributed by atoms with Gasteiger partial charge in [-0.2, -0.15) is 4.39 Å². The number of hydrogen-bond donors (Lipinski definition) is 0. The molecule has 0 nitrogen and oxygen atoms in total. The molecule has 0 fully saturated rings. The van der Waals surface area contributed by atoms with Crippen LogP contribution < -0.4 is 0 Å². The molecule has 0 bridgehead atoms. The Hall–Kier alpha value is -0.120. The fraction of sp³-hybridized carbons (Fsp3) is 0.500. The van der Waals surface area contributed by atoms with Crippen LogP contribution in [0.3, 0.4) is 0 Å². The average Bonchev–Trinajstić information content (AvgIpc) is 1.36. The van der Waals surface area contributed by atoms with Gasteiger partial charge >= 0.3 is 0 Å². The van der Waals surface area contributed by atoms with Gasteiger partial charge in [0.25, 0.3) is 6.43 Å². The molecule has 0 aliphatic carbocycles. The highest BCUT2D eigenvalue weighted by atomic mass is 32.1. The van der Waals surface area contributed by atoms with Crippen LogP contribution in [-0.4, -0.2) is 11.5 Å². The van der Waals surface area contributed by atoms with Crippen molar-refractivity contribution >= 4 is 17.3 Å². The third-order valence-corrected chi connectivity index (χ3v) is 0.350. The molecule has 0 aliphatic heterocycles. The minimum Gasteiger partial charge on any atom is -0.201 e. The van der Waals surface area contributed by atoms with Gasteiger partial charge in [0, 0.05) is 0 Å². The zero-order valence-electron chi connectivity index (χ0n) is 2.62. The number of rotatable bonds is 1. The number of halogens is 3. The second kappa shape index (κ2) is 2.12. The van der Waals surface area contributed by atoms with E-state index in [-0.39, 0.29) is 0 Å². The Labute approximate surface area is 38.0 Å². The summed E-state index contributed by atoms with van der Waals surface area (Å²) in [5.41, 5.74) is 0. The van der Waals surface area contributed by atoms with Crippen molar-refractivity contribution in [2.75, 3.05) is 0 Å². The zero-order chi connectivity index (χ0) is 5.15. The van der Waals surface area contributed by atoms with E-state index < -0.39 is 11.5 Å². The third-order valence-electron chi connectivity index (χ3n) is 0.172. The third kappa shape index (κ3) is 2.14. The summed E-state index contributed by atoms with van der Waals surface area (Å²) in [4.78, 5) is 0. The van der Waals surface area contributed by atoms with Crippen molar-refractivity contribution in [2.24, 2.45) is 0 Å². The Balaban J connectivity index is 3.26. The average molecular weight is 114 g/mol. The van der Waals surface area contributed by atoms with Gasteiger partial charge in [-0.15, -0.1) is 0 Å². The van der Waals surface area contributed by atoms with Gasteiger partial charge in [-0.3, -0.25) is 0 Å². The second-order valence-corrected chi connectivity index (χ2v) is 0.995. The molecule has 0 heterocycles. The lowest BCUT2D eigenvalue weighted by molar-refractivity contribution is 0.216. The van der Waals surface area contributed by atoms with E-state index in [9.17, 15) is 13.2 Å². The molecule has 0 aromatic carbocycles. The molecular weight excluding hydrogens is 113 g/mol. The first kappa shape index (κ1) is 5.88. The molecule has 4 heteroatoms. The first-order valence-electron chi connectivity index (χ1n) is 1.12. The summed E-state index contributed by atoms with van der Waals surface area (Å²) >= 11 is 3.40. The van der Waals surface area contributed by atoms with Crippen LogP contribution in [0.2, 0.25) is 0 Å². The highest BCUT2D eigenvalue weighted by molar-refractivity contribution is 7.80. The maximum atomic E-state index is 10.8. The lowest BCUT2D eigenvalue weighted by Crippen LogP contribution is -1.97.